The van der Waals surface area contributed by atoms with Gasteiger partial charge in [0, 0.05) is 18.5 Å². The highest BCUT2D eigenvalue weighted by atomic mass is 16.5. The molecule has 0 spiro atoms. The van der Waals surface area contributed by atoms with E-state index in [1.165, 1.54) is 51.4 Å². The predicted octanol–water partition coefficient (Wildman–Crippen LogP) is 6.15. The average Bonchev–Trinajstić information content (AvgIpc) is 2.72. The standard InChI is InChI=1S/C26H49NO3/c1-4-6-7-8-9-18-26(29)30-25-19-23-21(14-10-11-16-22(28)13-5-2)15-12-17-24(23)27-20(25)3/h20-25,27-28H,4-19H2,1-3H3/t20-,21-,22+,23-,24+,25+/m0/s1. The van der Waals surface area contributed by atoms with Crippen molar-refractivity contribution in [2.24, 2.45) is 11.8 Å². The molecule has 0 aromatic rings. The van der Waals surface area contributed by atoms with Gasteiger partial charge in [-0.3, -0.25) is 4.79 Å². The van der Waals surface area contributed by atoms with Gasteiger partial charge in [0.1, 0.15) is 6.10 Å². The fraction of sp³-hybridized carbons (Fsp3) is 0.962. The second-order valence-corrected chi connectivity index (χ2v) is 10.1. The molecule has 2 fully saturated rings. The number of aliphatic hydroxyl groups excluding tert-OH is 1. The van der Waals surface area contributed by atoms with Gasteiger partial charge in [-0.2, -0.15) is 0 Å². The summed E-state index contributed by atoms with van der Waals surface area (Å²) >= 11 is 0. The Morgan fingerprint density at radius 2 is 1.83 bits per heavy atom. The van der Waals surface area contributed by atoms with E-state index in [0.717, 1.165) is 50.9 Å². The molecule has 0 radical (unpaired) electrons. The molecule has 4 heteroatoms. The number of ether oxygens (including phenoxy) is 1. The maximum Gasteiger partial charge on any atom is 0.306 e. The Labute approximate surface area is 185 Å². The first-order chi connectivity index (χ1) is 14.5. The van der Waals surface area contributed by atoms with Crippen LogP contribution in [0.3, 0.4) is 0 Å². The van der Waals surface area contributed by atoms with E-state index in [2.05, 4.69) is 26.1 Å². The number of unbranched alkanes of at least 4 members (excludes halogenated alkanes) is 5. The molecule has 176 valence electrons. The summed E-state index contributed by atoms with van der Waals surface area (Å²) in [6, 6.07) is 0.853. The first-order valence-electron chi connectivity index (χ1n) is 13.2. The topological polar surface area (TPSA) is 58.6 Å². The molecule has 0 unspecified atom stereocenters. The van der Waals surface area contributed by atoms with E-state index in [0.29, 0.717) is 18.4 Å². The van der Waals surface area contributed by atoms with Crippen LogP contribution in [0, 0.1) is 11.8 Å². The Kier molecular flexibility index (Phi) is 12.4. The summed E-state index contributed by atoms with van der Waals surface area (Å²) in [5, 5.41) is 13.8. The number of nitrogens with one attached hydrogen (secondary N) is 1. The summed E-state index contributed by atoms with van der Waals surface area (Å²) in [7, 11) is 0. The normalized spacial score (nSPS) is 29.9. The lowest BCUT2D eigenvalue weighted by Crippen LogP contribution is -2.57. The van der Waals surface area contributed by atoms with Crippen molar-refractivity contribution in [3.05, 3.63) is 0 Å². The molecule has 30 heavy (non-hydrogen) atoms. The smallest absolute Gasteiger partial charge is 0.306 e. The van der Waals surface area contributed by atoms with Crippen molar-refractivity contribution in [2.75, 3.05) is 0 Å². The maximum atomic E-state index is 12.4. The van der Waals surface area contributed by atoms with Crippen molar-refractivity contribution in [1.29, 1.82) is 0 Å². The third kappa shape index (κ3) is 8.86. The lowest BCUT2D eigenvalue weighted by molar-refractivity contribution is -0.154. The van der Waals surface area contributed by atoms with Crippen LogP contribution in [0.1, 0.15) is 124 Å². The quantitative estimate of drug-likeness (QED) is 0.260. The van der Waals surface area contributed by atoms with Gasteiger partial charge in [-0.15, -0.1) is 0 Å². The monoisotopic (exact) mass is 423 g/mol. The lowest BCUT2D eigenvalue weighted by atomic mass is 9.68. The number of esters is 1. The minimum atomic E-state index is -0.114. The molecule has 0 bridgehead atoms. The highest BCUT2D eigenvalue weighted by molar-refractivity contribution is 5.69. The molecule has 2 rings (SSSR count). The van der Waals surface area contributed by atoms with Crippen molar-refractivity contribution in [2.45, 2.75) is 148 Å². The van der Waals surface area contributed by atoms with Gasteiger partial charge in [0.25, 0.3) is 0 Å². The number of fused-ring (bicyclic) bond motifs is 1. The van der Waals surface area contributed by atoms with Crippen molar-refractivity contribution >= 4 is 5.97 Å². The number of rotatable bonds is 14. The second-order valence-electron chi connectivity index (χ2n) is 10.1. The van der Waals surface area contributed by atoms with Crippen molar-refractivity contribution in [3.8, 4) is 0 Å². The zero-order valence-electron chi connectivity index (χ0n) is 20.0. The summed E-state index contributed by atoms with van der Waals surface area (Å²) in [5.74, 6) is 1.38. The largest absolute Gasteiger partial charge is 0.461 e. The molecule has 1 aliphatic heterocycles. The van der Waals surface area contributed by atoms with Gasteiger partial charge in [0.05, 0.1) is 6.10 Å². The Bertz CT molecular complexity index is 469. The van der Waals surface area contributed by atoms with E-state index in [1.54, 1.807) is 0 Å². The fourth-order valence-corrected chi connectivity index (χ4v) is 5.71. The van der Waals surface area contributed by atoms with E-state index in [1.807, 2.05) is 0 Å². The van der Waals surface area contributed by atoms with Crippen LogP contribution >= 0.6 is 0 Å². The predicted molar refractivity (Wildman–Crippen MR) is 124 cm³/mol. The minimum absolute atomic E-state index is 0.000805. The van der Waals surface area contributed by atoms with E-state index >= 15 is 0 Å². The minimum Gasteiger partial charge on any atom is -0.461 e. The van der Waals surface area contributed by atoms with E-state index < -0.39 is 0 Å². The van der Waals surface area contributed by atoms with Crippen molar-refractivity contribution < 1.29 is 14.6 Å². The molecule has 0 amide bonds. The first-order valence-corrected chi connectivity index (χ1v) is 13.2. The highest BCUT2D eigenvalue weighted by Gasteiger charge is 2.41. The Balaban J connectivity index is 1.75. The molecule has 2 aliphatic rings. The van der Waals surface area contributed by atoms with Crippen LogP contribution in [-0.4, -0.2) is 35.4 Å². The molecule has 1 heterocycles. The number of hydrogen-bond donors (Lipinski definition) is 2. The summed E-state index contributed by atoms with van der Waals surface area (Å²) in [6.07, 6.45) is 17.8. The van der Waals surface area contributed by atoms with Gasteiger partial charge in [-0.25, -0.2) is 0 Å². The Morgan fingerprint density at radius 3 is 2.60 bits per heavy atom. The number of aliphatic hydroxyl groups is 1. The third-order valence-electron chi connectivity index (χ3n) is 7.50. The number of carbonyl (C=O) groups is 1. The number of piperidine rings is 1. The van der Waals surface area contributed by atoms with Gasteiger partial charge >= 0.3 is 5.97 Å². The SMILES string of the molecule is CCCCCCCC(=O)O[C@@H]1C[C@H]2[C@@H](CCCC[C@H](O)CCC)CCC[C@H]2N[C@H]1C. The van der Waals surface area contributed by atoms with Gasteiger partial charge in [0.2, 0.25) is 0 Å². The van der Waals surface area contributed by atoms with Crippen molar-refractivity contribution in [1.82, 2.24) is 5.32 Å². The van der Waals surface area contributed by atoms with Gasteiger partial charge in [0.15, 0.2) is 0 Å². The van der Waals surface area contributed by atoms with Crippen LogP contribution in [0.2, 0.25) is 0 Å². The lowest BCUT2D eigenvalue weighted by Gasteiger charge is -2.47. The van der Waals surface area contributed by atoms with Crippen LogP contribution in [0.25, 0.3) is 0 Å². The summed E-state index contributed by atoms with van der Waals surface area (Å²) in [6.45, 7) is 6.54. The zero-order chi connectivity index (χ0) is 21.8. The molecule has 1 saturated heterocycles. The van der Waals surface area contributed by atoms with E-state index in [4.69, 9.17) is 4.74 Å². The molecule has 0 aromatic carbocycles. The molecule has 1 saturated carbocycles. The van der Waals surface area contributed by atoms with E-state index in [9.17, 15) is 9.90 Å². The molecule has 1 aliphatic carbocycles. The second kappa shape index (κ2) is 14.5. The average molecular weight is 424 g/mol. The highest BCUT2D eigenvalue weighted by Crippen LogP contribution is 2.40. The van der Waals surface area contributed by atoms with Crippen LogP contribution in [0.5, 0.6) is 0 Å². The molecular formula is C26H49NO3. The Hall–Kier alpha value is -0.610. The maximum absolute atomic E-state index is 12.4. The van der Waals surface area contributed by atoms with Crippen LogP contribution in [0.4, 0.5) is 0 Å². The van der Waals surface area contributed by atoms with Crippen LogP contribution in [0.15, 0.2) is 0 Å². The molecule has 0 aromatic heterocycles. The summed E-state index contributed by atoms with van der Waals surface area (Å²) in [5.41, 5.74) is 0. The van der Waals surface area contributed by atoms with Crippen molar-refractivity contribution in [3.63, 3.8) is 0 Å². The number of hydrogen-bond acceptors (Lipinski definition) is 4. The first kappa shape index (κ1) is 25.6. The third-order valence-corrected chi connectivity index (χ3v) is 7.50. The van der Waals surface area contributed by atoms with Gasteiger partial charge in [-0.05, 0) is 50.9 Å². The van der Waals surface area contributed by atoms with Crippen LogP contribution in [-0.2, 0) is 9.53 Å². The molecule has 6 atom stereocenters. The van der Waals surface area contributed by atoms with Gasteiger partial charge < -0.3 is 15.2 Å². The van der Waals surface area contributed by atoms with Crippen LogP contribution < -0.4 is 5.32 Å². The Morgan fingerprint density at radius 1 is 1.03 bits per heavy atom. The number of carbonyl (C=O) groups excluding carboxylic acids is 1. The van der Waals surface area contributed by atoms with Gasteiger partial charge in [-0.1, -0.05) is 78.1 Å². The molecule has 2 N–H and O–H groups in total. The fourth-order valence-electron chi connectivity index (χ4n) is 5.71. The molecular weight excluding hydrogens is 374 g/mol. The molecule has 4 nitrogen and oxygen atoms in total. The van der Waals surface area contributed by atoms with E-state index in [-0.39, 0.29) is 24.2 Å². The summed E-state index contributed by atoms with van der Waals surface area (Å²) < 4.78 is 5.96. The zero-order valence-corrected chi connectivity index (χ0v) is 20.0. The summed E-state index contributed by atoms with van der Waals surface area (Å²) in [4.78, 5) is 12.4.